The zero-order valence-electron chi connectivity index (χ0n) is 6.69. The first-order valence-electron chi connectivity index (χ1n) is 3.58. The highest BCUT2D eigenvalue weighted by molar-refractivity contribution is 7.99. The van der Waals surface area contributed by atoms with E-state index < -0.39 is 18.3 Å². The van der Waals surface area contributed by atoms with Crippen LogP contribution in [0.1, 0.15) is 0 Å². The average Bonchev–Trinajstić information content (AvgIpc) is 2.02. The fourth-order valence-electron chi connectivity index (χ4n) is 0.858. The maximum atomic E-state index is 13.0. The van der Waals surface area contributed by atoms with E-state index in [4.69, 9.17) is 5.73 Å². The Morgan fingerprint density at radius 2 is 1.77 bits per heavy atom. The number of hydrogen-bond acceptors (Lipinski definition) is 2. The van der Waals surface area contributed by atoms with Gasteiger partial charge in [0.05, 0.1) is 11.6 Å². The van der Waals surface area contributed by atoms with Crippen molar-refractivity contribution in [3.05, 3.63) is 23.8 Å². The lowest BCUT2D eigenvalue weighted by atomic mass is 10.3. The molecule has 1 rings (SSSR count). The molecule has 0 saturated carbocycles. The molecule has 2 N–H and O–H groups in total. The van der Waals surface area contributed by atoms with E-state index in [0.29, 0.717) is 0 Å². The maximum absolute atomic E-state index is 13.0. The molecule has 0 radical (unpaired) electrons. The normalized spacial score (nSPS) is 10.4. The fourth-order valence-corrected chi connectivity index (χ4v) is 1.53. The summed E-state index contributed by atoms with van der Waals surface area (Å²) < 4.78 is 37.7. The number of halogens is 3. The van der Waals surface area contributed by atoms with E-state index in [1.54, 1.807) is 0 Å². The molecule has 0 aliphatic heterocycles. The topological polar surface area (TPSA) is 26.0 Å². The molecular formula is C8H8F3NS. The zero-order chi connectivity index (χ0) is 9.84. The van der Waals surface area contributed by atoms with Crippen molar-refractivity contribution in [1.82, 2.24) is 0 Å². The number of nitrogen functional groups attached to an aromatic ring is 1. The first-order valence-corrected chi connectivity index (χ1v) is 4.57. The van der Waals surface area contributed by atoms with Gasteiger partial charge in [-0.15, -0.1) is 11.8 Å². The van der Waals surface area contributed by atoms with Crippen LogP contribution in [0, 0.1) is 11.6 Å². The number of thioether (sulfide) groups is 1. The molecule has 0 atom stereocenters. The molecule has 0 aromatic heterocycles. The summed E-state index contributed by atoms with van der Waals surface area (Å²) >= 11 is 0.802. The van der Waals surface area contributed by atoms with Crippen LogP contribution < -0.4 is 5.73 Å². The Hall–Kier alpha value is -0.840. The van der Waals surface area contributed by atoms with E-state index >= 15 is 0 Å². The third-order valence-electron chi connectivity index (χ3n) is 1.34. The van der Waals surface area contributed by atoms with Gasteiger partial charge in [-0.1, -0.05) is 0 Å². The second-order valence-corrected chi connectivity index (χ2v) is 3.46. The molecule has 1 aromatic rings. The summed E-state index contributed by atoms with van der Waals surface area (Å²) in [5.41, 5.74) is 5.22. The van der Waals surface area contributed by atoms with Gasteiger partial charge in [-0.05, 0) is 12.1 Å². The highest BCUT2D eigenvalue weighted by atomic mass is 32.2. The number of nitrogens with two attached hydrogens (primary N) is 1. The largest absolute Gasteiger partial charge is 0.399 e. The quantitative estimate of drug-likeness (QED) is 0.609. The minimum atomic E-state index is -0.740. The Morgan fingerprint density at radius 1 is 1.23 bits per heavy atom. The molecule has 0 amide bonds. The highest BCUT2D eigenvalue weighted by Gasteiger charge is 2.10. The van der Waals surface area contributed by atoms with E-state index in [-0.39, 0.29) is 16.3 Å². The molecular weight excluding hydrogens is 199 g/mol. The summed E-state index contributed by atoms with van der Waals surface area (Å²) in [7, 11) is 0. The molecule has 72 valence electrons. The number of anilines is 1. The zero-order valence-corrected chi connectivity index (χ0v) is 7.50. The lowest BCUT2D eigenvalue weighted by molar-refractivity contribution is 0.528. The second-order valence-electron chi connectivity index (χ2n) is 2.35. The number of alkyl halides is 1. The van der Waals surface area contributed by atoms with E-state index in [0.717, 1.165) is 23.9 Å². The van der Waals surface area contributed by atoms with Gasteiger partial charge in [-0.2, -0.15) is 0 Å². The highest BCUT2D eigenvalue weighted by Crippen LogP contribution is 2.26. The molecule has 0 heterocycles. The van der Waals surface area contributed by atoms with Gasteiger partial charge in [-0.25, -0.2) is 8.78 Å². The van der Waals surface area contributed by atoms with Gasteiger partial charge in [0, 0.05) is 11.4 Å². The van der Waals surface area contributed by atoms with E-state index in [1.165, 1.54) is 0 Å². The summed E-state index contributed by atoms with van der Waals surface area (Å²) in [6, 6.07) is 2.04. The third kappa shape index (κ3) is 2.55. The van der Waals surface area contributed by atoms with Crippen LogP contribution in [0.5, 0.6) is 0 Å². The Labute approximate surface area is 78.1 Å². The number of benzene rings is 1. The molecule has 1 aromatic carbocycles. The number of rotatable bonds is 3. The molecule has 0 fully saturated rings. The molecule has 0 aliphatic rings. The maximum Gasteiger partial charge on any atom is 0.141 e. The standard InChI is InChI=1S/C8H8F3NS/c9-1-2-13-8-6(10)3-5(12)4-7(8)11/h3-4H,1-2,12H2. The van der Waals surface area contributed by atoms with Crippen LogP contribution in [0.3, 0.4) is 0 Å². The SMILES string of the molecule is Nc1cc(F)c(SCCF)c(F)c1. The van der Waals surface area contributed by atoms with Crippen LogP contribution in [-0.2, 0) is 0 Å². The van der Waals surface area contributed by atoms with Crippen molar-refractivity contribution in [1.29, 1.82) is 0 Å². The van der Waals surface area contributed by atoms with Gasteiger partial charge in [-0.3, -0.25) is 4.39 Å². The Balaban J connectivity index is 2.92. The lowest BCUT2D eigenvalue weighted by Crippen LogP contribution is -1.94. The molecule has 1 nitrogen and oxygen atoms in total. The Morgan fingerprint density at radius 3 is 2.23 bits per heavy atom. The molecule has 0 saturated heterocycles. The summed E-state index contributed by atoms with van der Waals surface area (Å²) in [6.07, 6.45) is 0. The molecule has 0 unspecified atom stereocenters. The van der Waals surface area contributed by atoms with Gasteiger partial charge in [0.15, 0.2) is 0 Å². The van der Waals surface area contributed by atoms with Crippen LogP contribution in [0.4, 0.5) is 18.9 Å². The van der Waals surface area contributed by atoms with Crippen molar-refractivity contribution >= 4 is 17.4 Å². The predicted molar refractivity (Wildman–Crippen MR) is 47.5 cm³/mol. The van der Waals surface area contributed by atoms with Crippen molar-refractivity contribution < 1.29 is 13.2 Å². The number of hydrogen-bond donors (Lipinski definition) is 1. The van der Waals surface area contributed by atoms with Crippen molar-refractivity contribution in [3.63, 3.8) is 0 Å². The van der Waals surface area contributed by atoms with Gasteiger partial charge in [0.2, 0.25) is 0 Å². The van der Waals surface area contributed by atoms with Crippen LogP contribution >= 0.6 is 11.8 Å². The predicted octanol–water partition coefficient (Wildman–Crippen LogP) is 2.61. The van der Waals surface area contributed by atoms with Crippen molar-refractivity contribution in [2.24, 2.45) is 0 Å². The van der Waals surface area contributed by atoms with Crippen LogP contribution in [0.25, 0.3) is 0 Å². The fraction of sp³-hybridized carbons (Fsp3) is 0.250. The van der Waals surface area contributed by atoms with Crippen LogP contribution in [-0.4, -0.2) is 12.4 Å². The summed E-state index contributed by atoms with van der Waals surface area (Å²) in [6.45, 7) is -0.617. The van der Waals surface area contributed by atoms with Crippen LogP contribution in [0.2, 0.25) is 0 Å². The van der Waals surface area contributed by atoms with Crippen molar-refractivity contribution in [3.8, 4) is 0 Å². The molecule has 5 heteroatoms. The van der Waals surface area contributed by atoms with Gasteiger partial charge < -0.3 is 5.73 Å². The first kappa shape index (κ1) is 10.2. The molecule has 13 heavy (non-hydrogen) atoms. The third-order valence-corrected chi connectivity index (χ3v) is 2.38. The van der Waals surface area contributed by atoms with E-state index in [2.05, 4.69) is 0 Å². The molecule has 0 spiro atoms. The van der Waals surface area contributed by atoms with Crippen molar-refractivity contribution in [2.75, 3.05) is 18.2 Å². The van der Waals surface area contributed by atoms with E-state index in [1.807, 2.05) is 0 Å². The van der Waals surface area contributed by atoms with Crippen molar-refractivity contribution in [2.45, 2.75) is 4.90 Å². The van der Waals surface area contributed by atoms with Gasteiger partial charge >= 0.3 is 0 Å². The molecule has 0 aliphatic carbocycles. The summed E-state index contributed by atoms with van der Waals surface area (Å²) in [5.74, 6) is -1.44. The van der Waals surface area contributed by atoms with Gasteiger partial charge in [0.25, 0.3) is 0 Å². The van der Waals surface area contributed by atoms with Crippen LogP contribution in [0.15, 0.2) is 17.0 Å². The Bertz CT molecular complexity index is 280. The minimum Gasteiger partial charge on any atom is -0.399 e. The smallest absolute Gasteiger partial charge is 0.141 e. The van der Waals surface area contributed by atoms with E-state index in [9.17, 15) is 13.2 Å². The summed E-state index contributed by atoms with van der Waals surface area (Å²) in [4.78, 5) is -0.174. The second kappa shape index (κ2) is 4.41. The first-order chi connectivity index (χ1) is 6.15. The average molecular weight is 207 g/mol. The summed E-state index contributed by atoms with van der Waals surface area (Å²) in [5, 5.41) is 0. The Kier molecular flexibility index (Phi) is 3.48. The molecule has 0 bridgehead atoms. The lowest BCUT2D eigenvalue weighted by Gasteiger charge is -2.03. The minimum absolute atomic E-state index is 0.0274. The monoisotopic (exact) mass is 207 g/mol. The van der Waals surface area contributed by atoms with Gasteiger partial charge in [0.1, 0.15) is 11.6 Å².